The lowest BCUT2D eigenvalue weighted by atomic mass is 10.1. The number of aromatic nitrogens is 1. The maximum Gasteiger partial charge on any atom is 0.176 e. The highest BCUT2D eigenvalue weighted by molar-refractivity contribution is 7.89. The van der Waals surface area contributed by atoms with Gasteiger partial charge in [0.25, 0.3) is 0 Å². The molecular weight excluding hydrogens is 362 g/mol. The van der Waals surface area contributed by atoms with Crippen LogP contribution in [0.2, 0.25) is 0 Å². The van der Waals surface area contributed by atoms with E-state index in [9.17, 15) is 4.55 Å². The molecule has 1 heterocycles. The quantitative estimate of drug-likeness (QED) is 0.481. The summed E-state index contributed by atoms with van der Waals surface area (Å²) in [6, 6.07) is 14.7. The molecule has 0 aliphatic heterocycles. The minimum Gasteiger partial charge on any atom is -0.593 e. The zero-order chi connectivity index (χ0) is 19.2. The van der Waals surface area contributed by atoms with E-state index >= 15 is 0 Å². The molecule has 6 nitrogen and oxygen atoms in total. The number of hydrogen-bond acceptors (Lipinski definition) is 6. The molecule has 0 bridgehead atoms. The number of nitrogens with two attached hydrogens (primary N) is 1. The van der Waals surface area contributed by atoms with Gasteiger partial charge in [-0.3, -0.25) is 4.98 Å². The molecule has 0 spiro atoms. The first-order valence-electron chi connectivity index (χ1n) is 8.28. The predicted molar refractivity (Wildman–Crippen MR) is 107 cm³/mol. The van der Waals surface area contributed by atoms with Crippen LogP contribution >= 0.6 is 0 Å². The standard InChI is InChI=1S/C20H21N3O3S/c1-25-18-6-5-15(20(11-18)26-2)13-23-27(24)19-9-16(8-17(21)10-19)14-4-3-7-22-12-14/h3-12,23H,13,21H2,1-2H3. The normalized spacial score (nSPS) is 11.8. The van der Waals surface area contributed by atoms with Crippen molar-refractivity contribution in [1.82, 2.24) is 9.71 Å². The molecule has 3 rings (SSSR count). The minimum absolute atomic E-state index is 0.372. The number of pyridine rings is 1. The average molecular weight is 383 g/mol. The summed E-state index contributed by atoms with van der Waals surface area (Å²) in [5.74, 6) is 1.37. The molecule has 3 aromatic rings. The van der Waals surface area contributed by atoms with Crippen molar-refractivity contribution in [2.45, 2.75) is 11.4 Å². The maximum absolute atomic E-state index is 12.7. The number of rotatable bonds is 7. The first-order chi connectivity index (χ1) is 13.1. The van der Waals surface area contributed by atoms with Crippen LogP contribution in [-0.4, -0.2) is 23.8 Å². The molecule has 0 amide bonds. The average Bonchev–Trinajstić information content (AvgIpc) is 2.72. The highest BCUT2D eigenvalue weighted by Crippen LogP contribution is 2.27. The summed E-state index contributed by atoms with van der Waals surface area (Å²) < 4.78 is 26.3. The van der Waals surface area contributed by atoms with Gasteiger partial charge in [0, 0.05) is 47.4 Å². The van der Waals surface area contributed by atoms with Gasteiger partial charge in [0.1, 0.15) is 11.5 Å². The molecule has 7 heteroatoms. The van der Waals surface area contributed by atoms with Gasteiger partial charge >= 0.3 is 0 Å². The Labute approximate surface area is 161 Å². The Hall–Kier alpha value is -2.74. The van der Waals surface area contributed by atoms with Gasteiger partial charge in [0.05, 0.1) is 32.1 Å². The van der Waals surface area contributed by atoms with Crippen LogP contribution in [0.25, 0.3) is 11.1 Å². The molecule has 27 heavy (non-hydrogen) atoms. The third-order valence-corrected chi connectivity index (χ3v) is 5.10. The third-order valence-electron chi connectivity index (χ3n) is 4.03. The zero-order valence-corrected chi connectivity index (χ0v) is 16.0. The van der Waals surface area contributed by atoms with Crippen LogP contribution in [0.15, 0.2) is 65.8 Å². The number of nitrogen functional groups attached to an aromatic ring is 1. The molecular formula is C20H21N3O3S. The van der Waals surface area contributed by atoms with Gasteiger partial charge in [0.2, 0.25) is 0 Å². The number of methoxy groups -OCH3 is 2. The Morgan fingerprint density at radius 2 is 1.93 bits per heavy atom. The Morgan fingerprint density at radius 3 is 2.63 bits per heavy atom. The van der Waals surface area contributed by atoms with E-state index < -0.39 is 11.4 Å². The number of benzene rings is 2. The topological polar surface area (TPSA) is 92.5 Å². The summed E-state index contributed by atoms with van der Waals surface area (Å²) in [5.41, 5.74) is 9.21. The summed E-state index contributed by atoms with van der Waals surface area (Å²) >= 11 is -1.43. The van der Waals surface area contributed by atoms with Crippen molar-refractivity contribution in [2.24, 2.45) is 0 Å². The maximum atomic E-state index is 12.7. The van der Waals surface area contributed by atoms with Crippen LogP contribution in [0.5, 0.6) is 11.5 Å². The summed E-state index contributed by atoms with van der Waals surface area (Å²) in [7, 11) is 3.19. The molecule has 0 saturated carbocycles. The number of nitrogens with zero attached hydrogens (tertiary/aromatic N) is 1. The first kappa shape index (κ1) is 19.0. The molecule has 3 N–H and O–H groups in total. The van der Waals surface area contributed by atoms with E-state index in [0.717, 1.165) is 16.7 Å². The fraction of sp³-hybridized carbons (Fsp3) is 0.150. The summed E-state index contributed by atoms with van der Waals surface area (Å²) in [6.07, 6.45) is 3.45. The molecule has 1 atom stereocenters. The van der Waals surface area contributed by atoms with Crippen molar-refractivity contribution in [3.63, 3.8) is 0 Å². The molecule has 0 aliphatic carbocycles. The van der Waals surface area contributed by atoms with Gasteiger partial charge in [0.15, 0.2) is 4.90 Å². The molecule has 0 saturated heterocycles. The van der Waals surface area contributed by atoms with E-state index in [-0.39, 0.29) is 0 Å². The second-order valence-corrected chi connectivity index (χ2v) is 7.10. The second-order valence-electron chi connectivity index (χ2n) is 5.80. The molecule has 1 aromatic heterocycles. The van der Waals surface area contributed by atoms with E-state index in [1.807, 2.05) is 36.4 Å². The molecule has 1 unspecified atom stereocenters. The lowest BCUT2D eigenvalue weighted by molar-refractivity contribution is 0.390. The van der Waals surface area contributed by atoms with Crippen LogP contribution in [0.1, 0.15) is 5.56 Å². The third kappa shape index (κ3) is 4.71. The van der Waals surface area contributed by atoms with E-state index in [4.69, 9.17) is 15.2 Å². The van der Waals surface area contributed by atoms with E-state index in [1.165, 1.54) is 0 Å². The highest BCUT2D eigenvalue weighted by atomic mass is 32.2. The van der Waals surface area contributed by atoms with E-state index in [2.05, 4.69) is 9.71 Å². The Morgan fingerprint density at radius 1 is 1.07 bits per heavy atom. The SMILES string of the molecule is COc1ccc(CN[S+]([O-])c2cc(N)cc(-c3cccnc3)c2)c(OC)c1. The molecule has 0 aliphatic rings. The fourth-order valence-electron chi connectivity index (χ4n) is 2.65. The van der Waals surface area contributed by atoms with E-state index in [1.54, 1.807) is 38.7 Å². The Kier molecular flexibility index (Phi) is 6.18. The van der Waals surface area contributed by atoms with Crippen LogP contribution in [0.3, 0.4) is 0 Å². The van der Waals surface area contributed by atoms with Gasteiger partial charge < -0.3 is 19.8 Å². The van der Waals surface area contributed by atoms with Gasteiger partial charge in [-0.05, 0) is 23.8 Å². The van der Waals surface area contributed by atoms with Gasteiger partial charge in [-0.1, -0.05) is 12.1 Å². The fourth-order valence-corrected chi connectivity index (χ4v) is 3.58. The number of hydrogen-bond donors (Lipinski definition) is 2. The van der Waals surface area contributed by atoms with Crippen LogP contribution in [-0.2, 0) is 17.9 Å². The Bertz CT molecular complexity index is 906. The minimum atomic E-state index is -1.43. The van der Waals surface area contributed by atoms with Gasteiger partial charge in [-0.15, -0.1) is 4.72 Å². The number of anilines is 1. The van der Waals surface area contributed by atoms with Crippen molar-refractivity contribution in [1.29, 1.82) is 0 Å². The first-order valence-corrected chi connectivity index (χ1v) is 9.43. The summed E-state index contributed by atoms with van der Waals surface area (Å²) in [4.78, 5) is 4.72. The van der Waals surface area contributed by atoms with Crippen LogP contribution in [0.4, 0.5) is 5.69 Å². The zero-order valence-electron chi connectivity index (χ0n) is 15.1. The monoisotopic (exact) mass is 383 g/mol. The Balaban J connectivity index is 1.77. The van der Waals surface area contributed by atoms with Crippen LogP contribution in [0, 0.1) is 0 Å². The molecule has 2 aromatic carbocycles. The molecule has 0 fully saturated rings. The predicted octanol–water partition coefficient (Wildman–Crippen LogP) is 3.16. The second kappa shape index (κ2) is 8.77. The summed E-state index contributed by atoms with van der Waals surface area (Å²) in [5, 5.41) is 0. The smallest absolute Gasteiger partial charge is 0.176 e. The highest BCUT2D eigenvalue weighted by Gasteiger charge is 2.15. The largest absolute Gasteiger partial charge is 0.593 e. The van der Waals surface area contributed by atoms with E-state index in [0.29, 0.717) is 28.6 Å². The lowest BCUT2D eigenvalue weighted by Gasteiger charge is -2.14. The van der Waals surface area contributed by atoms with Crippen molar-refractivity contribution in [2.75, 3.05) is 20.0 Å². The van der Waals surface area contributed by atoms with Crippen molar-refractivity contribution in [3.8, 4) is 22.6 Å². The van der Waals surface area contributed by atoms with Crippen molar-refractivity contribution >= 4 is 17.0 Å². The number of ether oxygens (including phenoxy) is 2. The molecule has 0 radical (unpaired) electrons. The summed E-state index contributed by atoms with van der Waals surface area (Å²) in [6.45, 7) is 0.372. The van der Waals surface area contributed by atoms with Crippen LogP contribution < -0.4 is 19.9 Å². The van der Waals surface area contributed by atoms with Gasteiger partial charge in [-0.25, -0.2) is 0 Å². The molecule has 140 valence electrons. The van der Waals surface area contributed by atoms with Gasteiger partial charge in [-0.2, -0.15) is 0 Å². The van der Waals surface area contributed by atoms with Crippen molar-refractivity contribution in [3.05, 3.63) is 66.5 Å². The number of nitrogens with one attached hydrogen (secondary N) is 1. The lowest BCUT2D eigenvalue weighted by Crippen LogP contribution is -2.23. The van der Waals surface area contributed by atoms with Crippen molar-refractivity contribution < 1.29 is 14.0 Å².